The normalized spacial score (nSPS) is 12.5. The zero-order chi connectivity index (χ0) is 20.0. The fourth-order valence-electron chi connectivity index (χ4n) is 2.35. The number of nitrogens with one attached hydrogen (secondary N) is 1. The van der Waals surface area contributed by atoms with Crippen LogP contribution in [0.2, 0.25) is 0 Å². The van der Waals surface area contributed by atoms with Crippen molar-refractivity contribution in [1.82, 2.24) is 9.97 Å². The van der Waals surface area contributed by atoms with Gasteiger partial charge in [-0.25, -0.2) is 4.98 Å². The standard InChI is InChI=1S/C20H20F3N4.Li/c1-4-5-16(27-19-14(3)13(2)8-10-26-19)6-7-17(24)15-9-11-25-18(12-15)20(21,22)23;/h7-12,16H,1,4-5H2,2-3H3,(H,26,27);/q-3;+1/t16-;/m0./s1. The molecule has 144 valence electrons. The number of hydrogen-bond acceptors (Lipinski definition) is 3. The third-order valence-corrected chi connectivity index (χ3v) is 4.05. The summed E-state index contributed by atoms with van der Waals surface area (Å²) in [5.41, 5.74) is 0.698. The Morgan fingerprint density at radius 2 is 1.96 bits per heavy atom. The number of nitrogens with zero attached hydrogens (tertiary/aromatic N) is 3. The summed E-state index contributed by atoms with van der Waals surface area (Å²) in [6.45, 7) is 7.73. The summed E-state index contributed by atoms with van der Waals surface area (Å²) in [6, 6.07) is 3.70. The molecule has 8 heteroatoms. The predicted octanol–water partition coefficient (Wildman–Crippen LogP) is 1.93. The van der Waals surface area contributed by atoms with Crippen molar-refractivity contribution in [3.8, 4) is 0 Å². The summed E-state index contributed by atoms with van der Waals surface area (Å²) >= 11 is 0. The van der Waals surface area contributed by atoms with Gasteiger partial charge in [-0.1, -0.05) is 12.5 Å². The van der Waals surface area contributed by atoms with Crippen LogP contribution in [0.25, 0.3) is 5.41 Å². The maximum absolute atomic E-state index is 12.8. The van der Waals surface area contributed by atoms with E-state index in [0.29, 0.717) is 18.7 Å². The number of allylic oxidation sites excluding steroid dienone is 1. The molecule has 0 unspecified atom stereocenters. The molecule has 2 aromatic heterocycles. The fourth-order valence-corrected chi connectivity index (χ4v) is 2.35. The van der Waals surface area contributed by atoms with Gasteiger partial charge in [0.15, 0.2) is 0 Å². The first-order valence-corrected chi connectivity index (χ1v) is 8.39. The van der Waals surface area contributed by atoms with Crippen LogP contribution in [0.3, 0.4) is 0 Å². The fraction of sp³-hybridized carbons (Fsp3) is 0.300. The summed E-state index contributed by atoms with van der Waals surface area (Å²) in [5, 5.41) is 13.4. The summed E-state index contributed by atoms with van der Waals surface area (Å²) in [4.78, 5) is 7.58. The number of hydrogen-bond donors (Lipinski definition) is 1. The molecule has 2 heterocycles. The molecule has 0 aliphatic carbocycles. The van der Waals surface area contributed by atoms with Gasteiger partial charge in [-0.05, 0) is 43.1 Å². The first kappa shape index (κ1) is 23.9. The SMILES string of the molecule is [CH2-]CC[C@@H]([C-]=CC(=[N-])c1ccnc(C(F)(F)F)c1)Nc1nccc(C)c1C.[Li+]. The van der Waals surface area contributed by atoms with Gasteiger partial charge in [0.05, 0.1) is 0 Å². The van der Waals surface area contributed by atoms with E-state index < -0.39 is 11.9 Å². The third-order valence-electron chi connectivity index (χ3n) is 4.05. The molecule has 4 nitrogen and oxygen atoms in total. The molecule has 1 atom stereocenters. The first-order valence-electron chi connectivity index (χ1n) is 8.39. The molecule has 0 saturated carbocycles. The van der Waals surface area contributed by atoms with Crippen molar-refractivity contribution < 1.29 is 32.0 Å². The number of rotatable bonds is 7. The topological polar surface area (TPSA) is 60.1 Å². The van der Waals surface area contributed by atoms with E-state index in [0.717, 1.165) is 23.4 Å². The van der Waals surface area contributed by atoms with Gasteiger partial charge < -0.3 is 23.4 Å². The Labute approximate surface area is 175 Å². The van der Waals surface area contributed by atoms with Crippen molar-refractivity contribution in [2.24, 2.45) is 0 Å². The summed E-state index contributed by atoms with van der Waals surface area (Å²) in [6.07, 6.45) is 3.57. The van der Waals surface area contributed by atoms with Crippen LogP contribution in [0.4, 0.5) is 19.0 Å². The van der Waals surface area contributed by atoms with E-state index in [1.165, 1.54) is 12.1 Å². The first-order chi connectivity index (χ1) is 12.7. The molecule has 1 N–H and O–H groups in total. The Morgan fingerprint density at radius 3 is 2.61 bits per heavy atom. The van der Waals surface area contributed by atoms with Gasteiger partial charge in [0, 0.05) is 12.4 Å². The maximum Gasteiger partial charge on any atom is 1.00 e. The Balaban J connectivity index is 0.00000392. The van der Waals surface area contributed by atoms with Crippen LogP contribution >= 0.6 is 0 Å². The largest absolute Gasteiger partial charge is 1.00 e. The van der Waals surface area contributed by atoms with E-state index in [1.807, 2.05) is 19.9 Å². The number of halogens is 3. The van der Waals surface area contributed by atoms with Crippen molar-refractivity contribution >= 4 is 11.5 Å². The number of aryl methyl sites for hydroxylation is 1. The summed E-state index contributed by atoms with van der Waals surface area (Å²) < 4.78 is 38.3. The van der Waals surface area contributed by atoms with Crippen LogP contribution in [0.1, 0.15) is 35.2 Å². The second-order valence-electron chi connectivity index (χ2n) is 6.06. The Hall–Kier alpha value is -2.10. The molecule has 0 saturated heterocycles. The van der Waals surface area contributed by atoms with Crippen molar-refractivity contribution in [2.75, 3.05) is 5.32 Å². The summed E-state index contributed by atoms with van der Waals surface area (Å²) in [5.74, 6) is 0.692. The zero-order valence-corrected chi connectivity index (χ0v) is 16.1. The second kappa shape index (κ2) is 10.4. The molecule has 2 aromatic rings. The molecule has 0 aromatic carbocycles. The second-order valence-corrected chi connectivity index (χ2v) is 6.06. The van der Waals surface area contributed by atoms with Crippen molar-refractivity contribution in [2.45, 2.75) is 38.9 Å². The van der Waals surface area contributed by atoms with Gasteiger partial charge in [0.1, 0.15) is 11.5 Å². The van der Waals surface area contributed by atoms with Gasteiger partial charge in [0.25, 0.3) is 0 Å². The molecule has 0 amide bonds. The molecule has 2 rings (SSSR count). The Morgan fingerprint density at radius 1 is 1.29 bits per heavy atom. The van der Waals surface area contributed by atoms with Crippen molar-refractivity contribution in [1.29, 1.82) is 0 Å². The average molecular weight is 380 g/mol. The van der Waals surface area contributed by atoms with Crippen LogP contribution in [0, 0.1) is 26.8 Å². The Bertz CT molecular complexity index is 834. The molecule has 0 aliphatic heterocycles. The van der Waals surface area contributed by atoms with Crippen LogP contribution in [0.5, 0.6) is 0 Å². The quantitative estimate of drug-likeness (QED) is 0.454. The van der Waals surface area contributed by atoms with Crippen molar-refractivity contribution in [3.63, 3.8) is 0 Å². The molecule has 0 fully saturated rings. The van der Waals surface area contributed by atoms with Gasteiger partial charge in [-0.15, -0.1) is 5.56 Å². The molecule has 0 radical (unpaired) electrons. The zero-order valence-electron chi connectivity index (χ0n) is 16.1. The number of aromatic nitrogens is 2. The average Bonchev–Trinajstić information content (AvgIpc) is 2.62. The van der Waals surface area contributed by atoms with E-state index in [1.54, 1.807) is 6.20 Å². The minimum absolute atomic E-state index is 0. The number of alkyl halides is 3. The van der Waals surface area contributed by atoms with Crippen molar-refractivity contribution in [3.05, 3.63) is 77.5 Å². The van der Waals surface area contributed by atoms with Crippen LogP contribution < -0.4 is 24.2 Å². The number of anilines is 1. The monoisotopic (exact) mass is 380 g/mol. The van der Waals surface area contributed by atoms with E-state index in [2.05, 4.69) is 28.3 Å². The molecule has 0 aliphatic rings. The molecule has 0 bridgehead atoms. The van der Waals surface area contributed by atoms with Gasteiger partial charge in [-0.2, -0.15) is 19.6 Å². The molecular weight excluding hydrogens is 360 g/mol. The molecule has 0 spiro atoms. The minimum atomic E-state index is -4.57. The van der Waals surface area contributed by atoms with Crippen LogP contribution in [0.15, 0.2) is 36.7 Å². The van der Waals surface area contributed by atoms with Gasteiger partial charge in [0.2, 0.25) is 0 Å². The minimum Gasteiger partial charge on any atom is -0.904 e. The van der Waals surface area contributed by atoms with E-state index >= 15 is 0 Å². The number of pyridine rings is 2. The molecular formula is C20H20F3LiN4-2. The third kappa shape index (κ3) is 6.50. The van der Waals surface area contributed by atoms with E-state index in [9.17, 15) is 18.6 Å². The van der Waals surface area contributed by atoms with Gasteiger partial charge in [-0.3, -0.25) is 17.1 Å². The Kier molecular flexibility index (Phi) is 8.93. The van der Waals surface area contributed by atoms with E-state index in [-0.39, 0.29) is 36.2 Å². The maximum atomic E-state index is 12.8. The van der Waals surface area contributed by atoms with E-state index in [4.69, 9.17) is 0 Å². The predicted molar refractivity (Wildman–Crippen MR) is 100 cm³/mol. The van der Waals surface area contributed by atoms with Crippen LogP contribution in [-0.2, 0) is 6.18 Å². The molecule has 28 heavy (non-hydrogen) atoms. The van der Waals surface area contributed by atoms with Gasteiger partial charge >= 0.3 is 25.0 Å². The smallest absolute Gasteiger partial charge is 0.904 e. The van der Waals surface area contributed by atoms with Crippen LogP contribution in [-0.4, -0.2) is 21.7 Å². The summed E-state index contributed by atoms with van der Waals surface area (Å²) in [7, 11) is 0.